The van der Waals surface area contributed by atoms with Crippen LogP contribution >= 0.6 is 0 Å². The van der Waals surface area contributed by atoms with E-state index in [-0.39, 0.29) is 35.1 Å². The number of nitrogens with zero attached hydrogens (tertiary/aromatic N) is 1. The molecular weight excluding hydrogens is 762 g/mol. The van der Waals surface area contributed by atoms with Gasteiger partial charge in [0.25, 0.3) is 0 Å². The average Bonchev–Trinajstić information content (AvgIpc) is 3.16. The summed E-state index contributed by atoms with van der Waals surface area (Å²) in [6.07, 6.45) is 12.1. The van der Waals surface area contributed by atoms with E-state index >= 15 is 0 Å². The Balaban J connectivity index is 0.00000696. The standard InChI is InChI=1S/C42H39F4NO7S.Na/c1-4-7-23-47(24-8-5-2)30-20-22-32-31(6-3)33(42(49)53-34(32)25-30)21-17-27-12-9-26(10-13-27)11-14-28-15-18-29(19-16-28)41(48)54-39-35(43)37(45)40(55(50,51)52)38(46)36(39)44;/h9-22,25H,4-8,23-24H2,1-3H3,(H,50,51,52);/q;+1/p-1/b14-11+,21-17+;. The van der Waals surface area contributed by atoms with Crippen molar-refractivity contribution in [3.05, 3.63) is 134 Å². The van der Waals surface area contributed by atoms with Crippen LogP contribution in [0.25, 0.3) is 35.3 Å². The minimum absolute atomic E-state index is 0. The van der Waals surface area contributed by atoms with E-state index in [0.717, 1.165) is 66.5 Å². The molecule has 5 rings (SSSR count). The number of fused-ring (bicyclic) bond motifs is 1. The van der Waals surface area contributed by atoms with E-state index in [1.165, 1.54) is 24.3 Å². The molecule has 5 aromatic rings. The molecule has 0 aliphatic heterocycles. The molecule has 0 bridgehead atoms. The van der Waals surface area contributed by atoms with E-state index < -0.39 is 55.6 Å². The first-order valence-electron chi connectivity index (χ1n) is 17.7. The van der Waals surface area contributed by atoms with Crippen molar-refractivity contribution in [1.82, 2.24) is 0 Å². The van der Waals surface area contributed by atoms with Gasteiger partial charge in [-0.25, -0.2) is 26.8 Å². The number of unbranched alkanes of at least 4 members (excludes halogenated alkanes) is 2. The van der Waals surface area contributed by atoms with Crippen LogP contribution in [-0.4, -0.2) is 32.0 Å². The topological polar surface area (TPSA) is 117 Å². The maximum Gasteiger partial charge on any atom is 1.00 e. The second-order valence-electron chi connectivity index (χ2n) is 12.7. The number of carbonyl (C=O) groups excluding carboxylic acids is 1. The Morgan fingerprint density at radius 2 is 1.27 bits per heavy atom. The maximum absolute atomic E-state index is 14.3. The zero-order valence-corrected chi connectivity index (χ0v) is 34.2. The summed E-state index contributed by atoms with van der Waals surface area (Å²) in [5.41, 5.74) is 4.65. The van der Waals surface area contributed by atoms with E-state index in [1.54, 1.807) is 18.2 Å². The number of hydrogen-bond acceptors (Lipinski definition) is 8. The van der Waals surface area contributed by atoms with Gasteiger partial charge < -0.3 is 18.6 Å². The molecule has 8 nitrogen and oxygen atoms in total. The molecule has 0 fully saturated rings. The molecule has 0 amide bonds. The Kier molecular flexibility index (Phi) is 15.4. The first-order valence-corrected chi connectivity index (χ1v) is 19.1. The van der Waals surface area contributed by atoms with Crippen molar-refractivity contribution >= 4 is 57.0 Å². The molecule has 0 saturated carbocycles. The fourth-order valence-corrected chi connectivity index (χ4v) is 6.57. The van der Waals surface area contributed by atoms with Gasteiger partial charge in [0.1, 0.15) is 20.6 Å². The summed E-state index contributed by atoms with van der Waals surface area (Å²) in [5, 5.41) is 0.904. The molecule has 0 unspecified atom stereocenters. The van der Waals surface area contributed by atoms with E-state index in [2.05, 4.69) is 29.6 Å². The molecule has 0 radical (unpaired) electrons. The van der Waals surface area contributed by atoms with Gasteiger partial charge in [0.2, 0.25) is 17.4 Å². The molecule has 1 aromatic heterocycles. The Hall–Kier alpha value is -4.53. The molecule has 4 aromatic carbocycles. The largest absolute Gasteiger partial charge is 1.00 e. The predicted molar refractivity (Wildman–Crippen MR) is 204 cm³/mol. The third kappa shape index (κ3) is 10.3. The molecular formula is C42H38F4NNaO7S. The maximum atomic E-state index is 14.3. The number of hydrogen-bond donors (Lipinski definition) is 0. The fourth-order valence-electron chi connectivity index (χ4n) is 5.95. The first-order chi connectivity index (χ1) is 26.3. The minimum Gasteiger partial charge on any atom is -0.744 e. The van der Waals surface area contributed by atoms with Crippen LogP contribution in [0.3, 0.4) is 0 Å². The summed E-state index contributed by atoms with van der Waals surface area (Å²) in [7, 11) is -5.91. The summed E-state index contributed by atoms with van der Waals surface area (Å²) in [4.78, 5) is 25.7. The van der Waals surface area contributed by atoms with Gasteiger partial charge in [0, 0.05) is 30.2 Å². The summed E-state index contributed by atoms with van der Waals surface area (Å²) < 4.78 is 100. The van der Waals surface area contributed by atoms with Crippen molar-refractivity contribution in [2.75, 3.05) is 18.0 Å². The molecule has 0 atom stereocenters. The molecule has 288 valence electrons. The predicted octanol–water partition coefficient (Wildman–Crippen LogP) is 6.79. The molecule has 56 heavy (non-hydrogen) atoms. The van der Waals surface area contributed by atoms with Crippen molar-refractivity contribution in [3.63, 3.8) is 0 Å². The normalized spacial score (nSPS) is 11.7. The molecule has 0 spiro atoms. The van der Waals surface area contributed by atoms with Crippen molar-refractivity contribution in [2.24, 2.45) is 0 Å². The number of rotatable bonds is 15. The summed E-state index contributed by atoms with van der Waals surface area (Å²) in [6.45, 7) is 8.24. The number of benzene rings is 4. The third-order valence-electron chi connectivity index (χ3n) is 8.94. The van der Waals surface area contributed by atoms with Gasteiger partial charge in [-0.15, -0.1) is 0 Å². The zero-order chi connectivity index (χ0) is 39.9. The van der Waals surface area contributed by atoms with Crippen LogP contribution in [0.4, 0.5) is 23.2 Å². The molecule has 0 aliphatic carbocycles. The second-order valence-corrected chi connectivity index (χ2v) is 14.0. The molecule has 14 heteroatoms. The Labute approximate surface area is 344 Å². The number of halogens is 4. The first kappa shape index (κ1) is 44.2. The van der Waals surface area contributed by atoms with Crippen molar-refractivity contribution in [3.8, 4) is 5.75 Å². The SMILES string of the molecule is CCCCN(CCCC)c1ccc2c(CC)c(/C=C/c3ccc(/C=C/c4ccc(C(=O)Oc5c(F)c(F)c(S(=O)(=O)[O-])c(F)c5F)cc4)cc3)c(=O)oc2c1.[Na+]. The third-order valence-corrected chi connectivity index (χ3v) is 9.80. The van der Waals surface area contributed by atoms with Crippen LogP contribution in [0, 0.1) is 23.3 Å². The molecule has 1 heterocycles. The van der Waals surface area contributed by atoms with E-state index in [0.29, 0.717) is 23.1 Å². The smallest absolute Gasteiger partial charge is 0.744 e. The van der Waals surface area contributed by atoms with Gasteiger partial charge in [0.05, 0.1) is 11.1 Å². The summed E-state index contributed by atoms with van der Waals surface area (Å²) >= 11 is 0. The molecule has 0 N–H and O–H groups in total. The minimum atomic E-state index is -5.91. The number of ether oxygens (including phenoxy) is 1. The van der Waals surface area contributed by atoms with E-state index in [1.807, 2.05) is 49.4 Å². The van der Waals surface area contributed by atoms with Crippen LogP contribution in [0.1, 0.15) is 84.6 Å². The Morgan fingerprint density at radius 1 is 0.768 bits per heavy atom. The molecule has 0 saturated heterocycles. The van der Waals surface area contributed by atoms with Gasteiger partial charge in [0.15, 0.2) is 11.6 Å². The number of carbonyl (C=O) groups is 1. The summed E-state index contributed by atoms with van der Waals surface area (Å²) in [6, 6.07) is 19.0. The van der Waals surface area contributed by atoms with Gasteiger partial charge >= 0.3 is 41.2 Å². The number of aryl methyl sites for hydroxylation is 1. The van der Waals surface area contributed by atoms with Crippen LogP contribution in [0.15, 0.2) is 80.8 Å². The van der Waals surface area contributed by atoms with Crippen molar-refractivity contribution < 1.29 is 74.0 Å². The second kappa shape index (κ2) is 19.6. The van der Waals surface area contributed by atoms with Gasteiger partial charge in [-0.05, 0) is 71.9 Å². The number of esters is 1. The van der Waals surface area contributed by atoms with Crippen LogP contribution in [-0.2, 0) is 16.5 Å². The van der Waals surface area contributed by atoms with Gasteiger partial charge in [-0.2, -0.15) is 8.78 Å². The van der Waals surface area contributed by atoms with Crippen LogP contribution < -0.4 is 44.8 Å². The fraction of sp³-hybridized carbons (Fsp3) is 0.238. The molecule has 0 aliphatic rings. The summed E-state index contributed by atoms with van der Waals surface area (Å²) in [5.74, 6) is -13.0. The van der Waals surface area contributed by atoms with Gasteiger partial charge in [-0.3, -0.25) is 0 Å². The van der Waals surface area contributed by atoms with Crippen molar-refractivity contribution in [1.29, 1.82) is 0 Å². The average molecular weight is 800 g/mol. The van der Waals surface area contributed by atoms with E-state index in [4.69, 9.17) is 4.42 Å². The Morgan fingerprint density at radius 3 is 1.75 bits per heavy atom. The van der Waals surface area contributed by atoms with Crippen molar-refractivity contribution in [2.45, 2.75) is 57.8 Å². The van der Waals surface area contributed by atoms with E-state index in [9.17, 15) is 40.1 Å². The quantitative estimate of drug-likeness (QED) is 0.0166. The van der Waals surface area contributed by atoms with Gasteiger partial charge in [-0.1, -0.05) is 88.2 Å². The van der Waals surface area contributed by atoms with Crippen LogP contribution in [0.2, 0.25) is 0 Å². The zero-order valence-electron chi connectivity index (χ0n) is 31.3. The van der Waals surface area contributed by atoms with Crippen LogP contribution in [0.5, 0.6) is 5.75 Å². The monoisotopic (exact) mass is 799 g/mol. The Bertz CT molecular complexity index is 2390. The number of anilines is 1.